The normalized spacial score (nSPS) is 17.5. The van der Waals surface area contributed by atoms with Gasteiger partial charge in [-0.1, -0.05) is 12.1 Å². The summed E-state index contributed by atoms with van der Waals surface area (Å²) in [6.07, 6.45) is -3.61. The van der Waals surface area contributed by atoms with Crippen LogP contribution in [0.25, 0.3) is 0 Å². The molecule has 1 atom stereocenters. The van der Waals surface area contributed by atoms with E-state index in [2.05, 4.69) is 10.6 Å². The quantitative estimate of drug-likeness (QED) is 0.856. The standard InChI is InChI=1S/C15H19F3N2O2.ClH/c1-10-2-3-11(13(6-10)22-9-15(16,17)18)8-20-14(21)12-4-5-19-7-12;/h2-3,6,12,19H,4-5,7-9H2,1H3,(H,20,21);1H. The molecule has 0 aliphatic carbocycles. The Balaban J connectivity index is 0.00000264. The molecule has 23 heavy (non-hydrogen) atoms. The van der Waals surface area contributed by atoms with Crippen LogP contribution in [0.15, 0.2) is 18.2 Å². The van der Waals surface area contributed by atoms with Gasteiger partial charge in [0.2, 0.25) is 5.91 Å². The van der Waals surface area contributed by atoms with Gasteiger partial charge in [0.25, 0.3) is 0 Å². The van der Waals surface area contributed by atoms with Crippen molar-refractivity contribution < 1.29 is 22.7 Å². The van der Waals surface area contributed by atoms with Crippen molar-refractivity contribution in [1.82, 2.24) is 10.6 Å². The number of alkyl halides is 3. The zero-order chi connectivity index (χ0) is 16.2. The summed E-state index contributed by atoms with van der Waals surface area (Å²) in [5, 5.41) is 5.85. The first-order chi connectivity index (χ1) is 10.3. The summed E-state index contributed by atoms with van der Waals surface area (Å²) in [7, 11) is 0. The minimum absolute atomic E-state index is 0. The number of hydrogen-bond donors (Lipinski definition) is 2. The predicted molar refractivity (Wildman–Crippen MR) is 82.8 cm³/mol. The van der Waals surface area contributed by atoms with E-state index in [-0.39, 0.29) is 36.5 Å². The first-order valence-electron chi connectivity index (χ1n) is 7.12. The Morgan fingerprint density at radius 2 is 2.17 bits per heavy atom. The number of amides is 1. The largest absolute Gasteiger partial charge is 0.484 e. The molecule has 130 valence electrons. The molecule has 0 spiro atoms. The summed E-state index contributed by atoms with van der Waals surface area (Å²) >= 11 is 0. The number of aryl methyl sites for hydroxylation is 1. The van der Waals surface area contributed by atoms with Crippen LogP contribution in [0, 0.1) is 12.8 Å². The van der Waals surface area contributed by atoms with Gasteiger partial charge in [-0.2, -0.15) is 13.2 Å². The number of carbonyl (C=O) groups is 1. The molecular formula is C15H20ClF3N2O2. The number of ether oxygens (including phenoxy) is 1. The average molecular weight is 353 g/mol. The van der Waals surface area contributed by atoms with E-state index in [1.165, 1.54) is 0 Å². The van der Waals surface area contributed by atoms with Crippen LogP contribution in [0.5, 0.6) is 5.75 Å². The van der Waals surface area contributed by atoms with E-state index in [1.54, 1.807) is 25.1 Å². The maximum absolute atomic E-state index is 12.3. The van der Waals surface area contributed by atoms with Crippen molar-refractivity contribution in [2.75, 3.05) is 19.7 Å². The maximum atomic E-state index is 12.3. The van der Waals surface area contributed by atoms with E-state index >= 15 is 0 Å². The molecule has 1 aromatic rings. The molecule has 1 saturated heterocycles. The first-order valence-corrected chi connectivity index (χ1v) is 7.12. The van der Waals surface area contributed by atoms with Crippen LogP contribution < -0.4 is 15.4 Å². The van der Waals surface area contributed by atoms with Gasteiger partial charge in [0.05, 0.1) is 5.92 Å². The number of rotatable bonds is 5. The highest BCUT2D eigenvalue weighted by Gasteiger charge is 2.29. The smallest absolute Gasteiger partial charge is 0.422 e. The van der Waals surface area contributed by atoms with Crippen LogP contribution in [0.4, 0.5) is 13.2 Å². The van der Waals surface area contributed by atoms with Gasteiger partial charge in [-0.05, 0) is 31.5 Å². The third kappa shape index (κ3) is 6.27. The third-order valence-corrected chi connectivity index (χ3v) is 3.50. The lowest BCUT2D eigenvalue weighted by Gasteiger charge is -2.15. The second-order valence-electron chi connectivity index (χ2n) is 5.42. The lowest BCUT2D eigenvalue weighted by molar-refractivity contribution is -0.153. The fraction of sp³-hybridized carbons (Fsp3) is 0.533. The molecule has 1 amide bonds. The summed E-state index contributed by atoms with van der Waals surface area (Å²) in [6, 6.07) is 5.00. The molecule has 0 aromatic heterocycles. The van der Waals surface area contributed by atoms with Crippen molar-refractivity contribution in [3.63, 3.8) is 0 Å². The van der Waals surface area contributed by atoms with Gasteiger partial charge < -0.3 is 15.4 Å². The van der Waals surface area contributed by atoms with Gasteiger partial charge in [-0.25, -0.2) is 0 Å². The van der Waals surface area contributed by atoms with Crippen molar-refractivity contribution in [3.8, 4) is 5.75 Å². The van der Waals surface area contributed by atoms with Crippen LogP contribution >= 0.6 is 12.4 Å². The number of halogens is 4. The molecule has 1 fully saturated rings. The van der Waals surface area contributed by atoms with Crippen molar-refractivity contribution in [2.24, 2.45) is 5.92 Å². The fourth-order valence-corrected chi connectivity index (χ4v) is 2.31. The minimum atomic E-state index is -4.39. The summed E-state index contributed by atoms with van der Waals surface area (Å²) < 4.78 is 41.7. The molecule has 0 bridgehead atoms. The summed E-state index contributed by atoms with van der Waals surface area (Å²) in [4.78, 5) is 11.9. The molecule has 4 nitrogen and oxygen atoms in total. The van der Waals surface area contributed by atoms with Crippen LogP contribution in [0.1, 0.15) is 17.5 Å². The molecule has 1 aliphatic heterocycles. The Labute approximate surface area is 139 Å². The molecule has 2 rings (SSSR count). The molecule has 1 aromatic carbocycles. The molecule has 1 unspecified atom stereocenters. The molecule has 1 aliphatic rings. The minimum Gasteiger partial charge on any atom is -0.484 e. The summed E-state index contributed by atoms with van der Waals surface area (Å²) in [5.74, 6) is -0.0143. The van der Waals surface area contributed by atoms with Crippen molar-refractivity contribution >= 4 is 18.3 Å². The molecule has 0 radical (unpaired) electrons. The molecule has 2 N–H and O–H groups in total. The SMILES string of the molecule is Cc1ccc(CNC(=O)C2CCNC2)c(OCC(F)(F)F)c1.Cl. The Hall–Kier alpha value is -1.47. The van der Waals surface area contributed by atoms with Gasteiger partial charge in [-0.15, -0.1) is 12.4 Å². The molecule has 0 saturated carbocycles. The van der Waals surface area contributed by atoms with E-state index in [4.69, 9.17) is 4.74 Å². The molecule has 8 heteroatoms. The molecular weight excluding hydrogens is 333 g/mol. The second kappa shape index (κ2) is 8.40. The van der Waals surface area contributed by atoms with Crippen molar-refractivity contribution in [3.05, 3.63) is 29.3 Å². The Morgan fingerprint density at radius 1 is 1.43 bits per heavy atom. The van der Waals surface area contributed by atoms with E-state index in [0.29, 0.717) is 12.1 Å². The molecule has 1 heterocycles. The van der Waals surface area contributed by atoms with Crippen molar-refractivity contribution in [1.29, 1.82) is 0 Å². The Morgan fingerprint density at radius 3 is 2.78 bits per heavy atom. The van der Waals surface area contributed by atoms with E-state index in [1.807, 2.05) is 0 Å². The zero-order valence-electron chi connectivity index (χ0n) is 12.7. The highest BCUT2D eigenvalue weighted by molar-refractivity contribution is 5.85. The number of hydrogen-bond acceptors (Lipinski definition) is 3. The third-order valence-electron chi connectivity index (χ3n) is 3.50. The average Bonchev–Trinajstić information content (AvgIpc) is 2.97. The Bertz CT molecular complexity index is 532. The Kier molecular flexibility index (Phi) is 7.15. The number of benzene rings is 1. The fourth-order valence-electron chi connectivity index (χ4n) is 2.31. The topological polar surface area (TPSA) is 50.4 Å². The van der Waals surface area contributed by atoms with Crippen molar-refractivity contribution in [2.45, 2.75) is 26.1 Å². The lowest BCUT2D eigenvalue weighted by Crippen LogP contribution is -2.31. The van der Waals surface area contributed by atoms with Gasteiger partial charge >= 0.3 is 6.18 Å². The number of carbonyl (C=O) groups excluding carboxylic acids is 1. The zero-order valence-corrected chi connectivity index (χ0v) is 13.5. The van der Waals surface area contributed by atoms with Gasteiger partial charge in [-0.3, -0.25) is 4.79 Å². The van der Waals surface area contributed by atoms with Gasteiger partial charge in [0.1, 0.15) is 5.75 Å². The van der Waals surface area contributed by atoms with Crippen LogP contribution in [0.3, 0.4) is 0 Å². The van der Waals surface area contributed by atoms with Crippen LogP contribution in [-0.4, -0.2) is 31.8 Å². The van der Waals surface area contributed by atoms with E-state index in [0.717, 1.165) is 18.5 Å². The summed E-state index contributed by atoms with van der Waals surface area (Å²) in [6.45, 7) is 2.03. The number of nitrogens with one attached hydrogen (secondary N) is 2. The predicted octanol–water partition coefficient (Wildman–Crippen LogP) is 2.58. The van der Waals surface area contributed by atoms with Gasteiger partial charge in [0, 0.05) is 18.7 Å². The second-order valence-corrected chi connectivity index (χ2v) is 5.42. The summed E-state index contributed by atoms with van der Waals surface area (Å²) in [5.41, 5.74) is 1.33. The lowest BCUT2D eigenvalue weighted by atomic mass is 10.1. The first kappa shape index (κ1) is 19.6. The maximum Gasteiger partial charge on any atom is 0.422 e. The van der Waals surface area contributed by atoms with Crippen LogP contribution in [0.2, 0.25) is 0 Å². The van der Waals surface area contributed by atoms with E-state index < -0.39 is 12.8 Å². The highest BCUT2D eigenvalue weighted by atomic mass is 35.5. The van der Waals surface area contributed by atoms with Gasteiger partial charge in [0.15, 0.2) is 6.61 Å². The van der Waals surface area contributed by atoms with Crippen LogP contribution in [-0.2, 0) is 11.3 Å². The monoisotopic (exact) mass is 352 g/mol. The highest BCUT2D eigenvalue weighted by Crippen LogP contribution is 2.24. The van der Waals surface area contributed by atoms with E-state index in [9.17, 15) is 18.0 Å².